The summed E-state index contributed by atoms with van der Waals surface area (Å²) in [5.74, 6) is -1.99. The number of thiazole rings is 1. The van der Waals surface area contributed by atoms with Crippen LogP contribution in [0.4, 0.5) is 5.13 Å². The van der Waals surface area contributed by atoms with Gasteiger partial charge in [0, 0.05) is 5.56 Å². The Balaban J connectivity index is 1.91. The van der Waals surface area contributed by atoms with Crippen LogP contribution in [0.1, 0.15) is 38.1 Å². The Morgan fingerprint density at radius 2 is 1.68 bits per heavy atom. The van der Waals surface area contributed by atoms with Crippen LogP contribution in [-0.2, 0) is 14.3 Å². The third-order valence-corrected chi connectivity index (χ3v) is 6.70. The van der Waals surface area contributed by atoms with Gasteiger partial charge < -0.3 is 14.6 Å². The molecule has 1 aliphatic rings. The van der Waals surface area contributed by atoms with Crippen LogP contribution in [0.25, 0.3) is 5.76 Å². The molecule has 0 unspecified atom stereocenters. The first-order valence-electron chi connectivity index (χ1n) is 10.3. The molecular weight excluding hydrogens is 456 g/mol. The summed E-state index contributed by atoms with van der Waals surface area (Å²) in [7, 11) is 2.78. The first-order valence-corrected chi connectivity index (χ1v) is 11.2. The quantitative estimate of drug-likeness (QED) is 0.254. The summed E-state index contributed by atoms with van der Waals surface area (Å²) in [6.07, 6.45) is 0. The van der Waals surface area contributed by atoms with E-state index in [0.29, 0.717) is 22.6 Å². The number of Topliss-reactive ketones (excluding diaryl/α,β-unsaturated/α-hetero) is 1. The Labute approximate surface area is 200 Å². The molecule has 0 spiro atoms. The number of ether oxygens (including phenoxy) is 2. The van der Waals surface area contributed by atoms with Crippen molar-refractivity contribution in [3.8, 4) is 5.75 Å². The zero-order valence-corrected chi connectivity index (χ0v) is 19.8. The van der Waals surface area contributed by atoms with Crippen molar-refractivity contribution < 1.29 is 29.0 Å². The van der Waals surface area contributed by atoms with E-state index in [1.54, 1.807) is 43.3 Å². The fourth-order valence-electron chi connectivity index (χ4n) is 3.77. The molecule has 174 valence electrons. The lowest BCUT2D eigenvalue weighted by Gasteiger charge is -2.23. The van der Waals surface area contributed by atoms with Crippen molar-refractivity contribution in [2.45, 2.75) is 19.9 Å². The van der Waals surface area contributed by atoms with Gasteiger partial charge in [-0.05, 0) is 43.7 Å². The van der Waals surface area contributed by atoms with E-state index in [9.17, 15) is 19.5 Å². The highest BCUT2D eigenvalue weighted by molar-refractivity contribution is 7.17. The average Bonchev–Trinajstić information content (AvgIpc) is 3.35. The average molecular weight is 479 g/mol. The number of carbonyl (C=O) groups excluding carboxylic acids is 3. The second-order valence-electron chi connectivity index (χ2n) is 7.71. The number of hydrogen-bond donors (Lipinski definition) is 1. The van der Waals surface area contributed by atoms with Gasteiger partial charge in [-0.2, -0.15) is 0 Å². The van der Waals surface area contributed by atoms with E-state index < -0.39 is 23.7 Å². The van der Waals surface area contributed by atoms with Gasteiger partial charge in [0.15, 0.2) is 5.13 Å². The van der Waals surface area contributed by atoms with Crippen LogP contribution in [0.15, 0.2) is 54.1 Å². The lowest BCUT2D eigenvalue weighted by atomic mass is 9.95. The predicted molar refractivity (Wildman–Crippen MR) is 127 cm³/mol. The molecule has 2 heterocycles. The maximum absolute atomic E-state index is 13.2. The molecule has 1 atom stereocenters. The first-order chi connectivity index (χ1) is 16.3. The summed E-state index contributed by atoms with van der Waals surface area (Å²) in [5, 5.41) is 11.3. The molecular formula is C25H22N2O6S. The Kier molecular flexibility index (Phi) is 6.21. The summed E-state index contributed by atoms with van der Waals surface area (Å²) < 4.78 is 9.96. The van der Waals surface area contributed by atoms with Gasteiger partial charge in [0.05, 0.1) is 31.5 Å². The zero-order chi connectivity index (χ0) is 24.6. The van der Waals surface area contributed by atoms with Crippen LogP contribution >= 0.6 is 11.3 Å². The highest BCUT2D eigenvalue weighted by atomic mass is 32.1. The minimum Gasteiger partial charge on any atom is -0.507 e. The number of nitrogens with zero attached hydrogens (tertiary/aromatic N) is 2. The van der Waals surface area contributed by atoms with Gasteiger partial charge in [-0.25, -0.2) is 9.78 Å². The second-order valence-corrected chi connectivity index (χ2v) is 8.69. The molecule has 34 heavy (non-hydrogen) atoms. The van der Waals surface area contributed by atoms with Gasteiger partial charge in [0.1, 0.15) is 16.4 Å². The van der Waals surface area contributed by atoms with Crippen molar-refractivity contribution >= 4 is 39.9 Å². The monoisotopic (exact) mass is 478 g/mol. The molecule has 2 aromatic carbocycles. The smallest absolute Gasteiger partial charge is 0.350 e. The topological polar surface area (TPSA) is 106 Å². The molecule has 9 heteroatoms. The number of esters is 1. The molecule has 0 bridgehead atoms. The SMILES string of the molecule is COC(=O)c1sc(N2C(=O)C(=O)C(=C(O)c3ccc(OC)cc3)[C@H]2c2ccc(C)cc2)nc1C. The third-order valence-electron chi connectivity index (χ3n) is 5.56. The Morgan fingerprint density at radius 1 is 1.03 bits per heavy atom. The van der Waals surface area contributed by atoms with Gasteiger partial charge in [-0.15, -0.1) is 0 Å². The van der Waals surface area contributed by atoms with E-state index in [1.807, 2.05) is 19.1 Å². The zero-order valence-electron chi connectivity index (χ0n) is 19.0. The van der Waals surface area contributed by atoms with Gasteiger partial charge in [-0.3, -0.25) is 14.5 Å². The number of hydrogen-bond acceptors (Lipinski definition) is 8. The number of aromatic nitrogens is 1. The predicted octanol–water partition coefficient (Wildman–Crippen LogP) is 4.18. The molecule has 4 rings (SSSR count). The minimum atomic E-state index is -0.932. The molecule has 1 amide bonds. The molecule has 1 N–H and O–H groups in total. The summed E-state index contributed by atoms with van der Waals surface area (Å²) in [6, 6.07) is 12.9. The number of ketones is 1. The summed E-state index contributed by atoms with van der Waals surface area (Å²) >= 11 is 0.958. The summed E-state index contributed by atoms with van der Waals surface area (Å²) in [4.78, 5) is 44.4. The maximum atomic E-state index is 13.2. The number of carbonyl (C=O) groups is 3. The molecule has 1 saturated heterocycles. The van der Waals surface area contributed by atoms with Crippen molar-refractivity contribution in [1.29, 1.82) is 0 Å². The molecule has 3 aromatic rings. The number of benzene rings is 2. The van der Waals surface area contributed by atoms with Crippen molar-refractivity contribution in [3.63, 3.8) is 0 Å². The van der Waals surface area contributed by atoms with E-state index >= 15 is 0 Å². The molecule has 1 aromatic heterocycles. The molecule has 1 fully saturated rings. The van der Waals surface area contributed by atoms with Crippen LogP contribution in [0, 0.1) is 13.8 Å². The Bertz CT molecular complexity index is 1310. The van der Waals surface area contributed by atoms with E-state index in [0.717, 1.165) is 16.9 Å². The lowest BCUT2D eigenvalue weighted by Crippen LogP contribution is -2.29. The van der Waals surface area contributed by atoms with E-state index in [-0.39, 0.29) is 21.3 Å². The number of anilines is 1. The van der Waals surface area contributed by atoms with Crippen molar-refractivity contribution in [3.05, 3.63) is 81.4 Å². The van der Waals surface area contributed by atoms with Crippen LogP contribution in [0.5, 0.6) is 5.75 Å². The molecule has 1 aliphatic heterocycles. The second kappa shape index (κ2) is 9.11. The standard InChI is InChI=1S/C25H22N2O6S/c1-13-5-7-15(8-6-13)19-18(20(28)16-9-11-17(32-3)12-10-16)21(29)23(30)27(19)25-26-14(2)22(34-25)24(31)33-4/h5-12,19,28H,1-4H3/t19-/m1/s1. The largest absolute Gasteiger partial charge is 0.507 e. The van der Waals surface area contributed by atoms with Gasteiger partial charge in [0.2, 0.25) is 0 Å². The van der Waals surface area contributed by atoms with Crippen LogP contribution in [0.2, 0.25) is 0 Å². The number of methoxy groups -OCH3 is 2. The lowest BCUT2D eigenvalue weighted by molar-refractivity contribution is -0.132. The molecule has 8 nitrogen and oxygen atoms in total. The number of amides is 1. The van der Waals surface area contributed by atoms with E-state index in [2.05, 4.69) is 4.98 Å². The fraction of sp³-hybridized carbons (Fsp3) is 0.200. The first kappa shape index (κ1) is 23.2. The Morgan fingerprint density at radius 3 is 2.26 bits per heavy atom. The van der Waals surface area contributed by atoms with Crippen LogP contribution < -0.4 is 9.64 Å². The van der Waals surface area contributed by atoms with Crippen molar-refractivity contribution in [1.82, 2.24) is 4.98 Å². The minimum absolute atomic E-state index is 0.0634. The molecule has 0 aliphatic carbocycles. The highest BCUT2D eigenvalue weighted by Crippen LogP contribution is 2.44. The maximum Gasteiger partial charge on any atom is 0.350 e. The molecule has 0 saturated carbocycles. The van der Waals surface area contributed by atoms with E-state index in [1.165, 1.54) is 19.1 Å². The molecule has 0 radical (unpaired) electrons. The Hall–Kier alpha value is -3.98. The van der Waals surface area contributed by atoms with E-state index in [4.69, 9.17) is 9.47 Å². The van der Waals surface area contributed by atoms with Crippen molar-refractivity contribution in [2.24, 2.45) is 0 Å². The van der Waals surface area contributed by atoms with Crippen LogP contribution in [0.3, 0.4) is 0 Å². The normalized spacial score (nSPS) is 17.2. The number of aliphatic hydroxyl groups is 1. The van der Waals surface area contributed by atoms with Crippen molar-refractivity contribution in [2.75, 3.05) is 19.1 Å². The number of rotatable bonds is 5. The fourth-order valence-corrected chi connectivity index (χ4v) is 4.78. The van der Waals surface area contributed by atoms with Crippen LogP contribution in [-0.4, -0.2) is 42.0 Å². The summed E-state index contributed by atoms with van der Waals surface area (Å²) in [6.45, 7) is 3.55. The summed E-state index contributed by atoms with van der Waals surface area (Å²) in [5.41, 5.74) is 2.29. The van der Waals surface area contributed by atoms with Gasteiger partial charge in [0.25, 0.3) is 5.78 Å². The van der Waals surface area contributed by atoms with Gasteiger partial charge >= 0.3 is 11.9 Å². The number of aryl methyl sites for hydroxylation is 2. The number of aliphatic hydroxyl groups excluding tert-OH is 1. The highest BCUT2D eigenvalue weighted by Gasteiger charge is 2.48. The third kappa shape index (κ3) is 3.94. The van der Waals surface area contributed by atoms with Gasteiger partial charge in [-0.1, -0.05) is 41.2 Å².